The van der Waals surface area contributed by atoms with Crippen molar-refractivity contribution in [2.75, 3.05) is 57.3 Å². The van der Waals surface area contributed by atoms with Crippen LogP contribution in [0.2, 0.25) is 0 Å². The highest BCUT2D eigenvalue weighted by Crippen LogP contribution is 2.27. The molecule has 1 aromatic carbocycles. The van der Waals surface area contributed by atoms with Gasteiger partial charge in [-0.15, -0.1) is 35.3 Å². The molecule has 0 spiro atoms. The van der Waals surface area contributed by atoms with Gasteiger partial charge in [0.25, 0.3) is 0 Å². The summed E-state index contributed by atoms with van der Waals surface area (Å²) < 4.78 is 0. The maximum Gasteiger partial charge on any atom is 0.194 e. The lowest BCUT2D eigenvalue weighted by Crippen LogP contribution is -2.52. The summed E-state index contributed by atoms with van der Waals surface area (Å²) in [5.41, 5.74) is 2.42. The van der Waals surface area contributed by atoms with Gasteiger partial charge in [0.15, 0.2) is 5.96 Å². The Morgan fingerprint density at radius 3 is 2.70 bits per heavy atom. The van der Waals surface area contributed by atoms with Crippen molar-refractivity contribution in [3.63, 3.8) is 0 Å². The molecule has 6 nitrogen and oxygen atoms in total. The Balaban J connectivity index is 0.00000256. The van der Waals surface area contributed by atoms with Crippen molar-refractivity contribution in [1.82, 2.24) is 15.1 Å². The molecule has 0 atom stereocenters. The number of hydrogen-bond acceptors (Lipinski definition) is 5. The minimum absolute atomic E-state index is 0. The molecule has 2 aliphatic heterocycles. The number of nitrogens with zero attached hydrogens (tertiary/aromatic N) is 4. The molecule has 2 aliphatic rings. The van der Waals surface area contributed by atoms with E-state index in [2.05, 4.69) is 38.4 Å². The molecule has 0 aliphatic carbocycles. The Bertz CT molecular complexity index is 834. The number of para-hydroxylation sites is 2. The van der Waals surface area contributed by atoms with Gasteiger partial charge in [-0.05, 0) is 42.5 Å². The fraction of sp³-hybridized carbons (Fsp3) is 0.500. The predicted molar refractivity (Wildman–Crippen MR) is 137 cm³/mol. The van der Waals surface area contributed by atoms with Crippen LogP contribution in [0.5, 0.6) is 5.75 Å². The summed E-state index contributed by atoms with van der Waals surface area (Å²) in [6, 6.07) is 9.86. The van der Waals surface area contributed by atoms with Gasteiger partial charge in [0.1, 0.15) is 5.75 Å². The number of fused-ring (bicyclic) bond motifs is 1. The largest absolute Gasteiger partial charge is 0.506 e. The number of halogens is 1. The number of phenols is 1. The number of nitrogens with one attached hydrogen (secondary N) is 1. The fourth-order valence-corrected chi connectivity index (χ4v) is 5.00. The molecule has 1 aromatic heterocycles. The number of guanidine groups is 1. The molecule has 8 heteroatoms. The number of rotatable bonds is 5. The standard InChI is InChI=1S/C22H31N5OS.HI/c1-2-23-22(24-9-11-25-10-7-21-18(17-25)8-16-29-21)27-14-12-26(13-15-27)19-5-3-4-6-20(19)28;/h3-6,8,16,28H,2,7,9-15,17H2,1H3,(H,23,24);1H. The molecule has 0 amide bonds. The highest BCUT2D eigenvalue weighted by Gasteiger charge is 2.21. The van der Waals surface area contributed by atoms with E-state index < -0.39 is 0 Å². The number of phenolic OH excluding ortho intramolecular Hbond substituents is 1. The zero-order chi connectivity index (χ0) is 20.1. The van der Waals surface area contributed by atoms with Crippen LogP contribution in [0.3, 0.4) is 0 Å². The quantitative estimate of drug-likeness (QED) is 0.346. The molecule has 2 aromatic rings. The second kappa shape index (κ2) is 11.2. The minimum atomic E-state index is 0. The molecular weight excluding hydrogens is 509 g/mol. The number of benzene rings is 1. The number of thiophene rings is 1. The number of aliphatic imine (C=N–C) groups is 1. The van der Waals surface area contributed by atoms with Crippen LogP contribution < -0.4 is 10.2 Å². The molecule has 0 radical (unpaired) electrons. The minimum Gasteiger partial charge on any atom is -0.506 e. The van der Waals surface area contributed by atoms with Crippen LogP contribution in [-0.4, -0.2) is 73.2 Å². The molecule has 0 bridgehead atoms. The van der Waals surface area contributed by atoms with Crippen LogP contribution in [0.25, 0.3) is 0 Å². The maximum absolute atomic E-state index is 10.1. The number of piperazine rings is 1. The highest BCUT2D eigenvalue weighted by molar-refractivity contribution is 14.0. The SMILES string of the molecule is CCNC(=NCCN1CCc2sccc2C1)N1CCN(c2ccccc2O)CC1.I. The molecule has 30 heavy (non-hydrogen) atoms. The summed E-state index contributed by atoms with van der Waals surface area (Å²) in [4.78, 5) is 13.6. The van der Waals surface area contributed by atoms with Crippen LogP contribution in [-0.2, 0) is 13.0 Å². The molecule has 0 unspecified atom stereocenters. The Kier molecular flexibility index (Phi) is 8.64. The summed E-state index contributed by atoms with van der Waals surface area (Å²) in [6.45, 7) is 10.6. The van der Waals surface area contributed by atoms with Gasteiger partial charge in [0, 0.05) is 57.2 Å². The first-order valence-electron chi connectivity index (χ1n) is 10.6. The Morgan fingerprint density at radius 1 is 1.13 bits per heavy atom. The van der Waals surface area contributed by atoms with Gasteiger partial charge in [0.05, 0.1) is 12.2 Å². The summed E-state index contributed by atoms with van der Waals surface area (Å²) in [7, 11) is 0. The molecule has 164 valence electrons. The Labute approximate surface area is 200 Å². The van der Waals surface area contributed by atoms with E-state index >= 15 is 0 Å². The van der Waals surface area contributed by atoms with Crippen LogP contribution in [0.4, 0.5) is 5.69 Å². The van der Waals surface area contributed by atoms with E-state index in [1.54, 1.807) is 10.9 Å². The van der Waals surface area contributed by atoms with Crippen LogP contribution in [0.1, 0.15) is 17.4 Å². The lowest BCUT2D eigenvalue weighted by atomic mass is 10.1. The van der Waals surface area contributed by atoms with E-state index in [9.17, 15) is 5.11 Å². The van der Waals surface area contributed by atoms with Crippen molar-refractivity contribution in [3.05, 3.63) is 46.2 Å². The first-order valence-corrected chi connectivity index (χ1v) is 11.5. The van der Waals surface area contributed by atoms with Crippen molar-refractivity contribution in [1.29, 1.82) is 0 Å². The maximum atomic E-state index is 10.1. The third-order valence-electron chi connectivity index (χ3n) is 5.70. The van der Waals surface area contributed by atoms with E-state index in [1.165, 1.54) is 12.0 Å². The third-order valence-corrected chi connectivity index (χ3v) is 6.72. The molecule has 0 saturated carbocycles. The van der Waals surface area contributed by atoms with Crippen molar-refractivity contribution in [2.24, 2.45) is 4.99 Å². The summed E-state index contributed by atoms with van der Waals surface area (Å²) in [5, 5.41) is 15.8. The van der Waals surface area contributed by atoms with Gasteiger partial charge < -0.3 is 20.2 Å². The van der Waals surface area contributed by atoms with Crippen molar-refractivity contribution in [3.8, 4) is 5.75 Å². The fourth-order valence-electron chi connectivity index (χ4n) is 4.11. The van der Waals surface area contributed by atoms with Gasteiger partial charge in [-0.1, -0.05) is 12.1 Å². The highest BCUT2D eigenvalue weighted by atomic mass is 127. The first kappa shape index (κ1) is 23.1. The first-order chi connectivity index (χ1) is 14.2. The topological polar surface area (TPSA) is 54.3 Å². The average molecular weight is 542 g/mol. The zero-order valence-electron chi connectivity index (χ0n) is 17.6. The van der Waals surface area contributed by atoms with E-state index in [-0.39, 0.29) is 24.0 Å². The molecule has 3 heterocycles. The lowest BCUT2D eigenvalue weighted by Gasteiger charge is -2.38. The normalized spacial score (nSPS) is 17.4. The summed E-state index contributed by atoms with van der Waals surface area (Å²) in [5.74, 6) is 1.37. The monoisotopic (exact) mass is 541 g/mol. The summed E-state index contributed by atoms with van der Waals surface area (Å²) in [6.07, 6.45) is 1.17. The van der Waals surface area contributed by atoms with Crippen molar-refractivity contribution < 1.29 is 5.11 Å². The van der Waals surface area contributed by atoms with Gasteiger partial charge >= 0.3 is 0 Å². The van der Waals surface area contributed by atoms with Crippen molar-refractivity contribution >= 4 is 47.0 Å². The number of aromatic hydroxyl groups is 1. The van der Waals surface area contributed by atoms with E-state index in [0.717, 1.165) is 70.5 Å². The van der Waals surface area contributed by atoms with E-state index in [4.69, 9.17) is 4.99 Å². The average Bonchev–Trinajstić information content (AvgIpc) is 3.22. The predicted octanol–water partition coefficient (Wildman–Crippen LogP) is 3.22. The van der Waals surface area contributed by atoms with Crippen LogP contribution in [0.15, 0.2) is 40.7 Å². The van der Waals surface area contributed by atoms with Crippen molar-refractivity contribution in [2.45, 2.75) is 19.9 Å². The smallest absolute Gasteiger partial charge is 0.194 e. The Hall–Kier alpha value is -1.52. The third kappa shape index (κ3) is 5.59. The van der Waals surface area contributed by atoms with Gasteiger partial charge in [-0.3, -0.25) is 9.89 Å². The van der Waals surface area contributed by atoms with Gasteiger partial charge in [0.2, 0.25) is 0 Å². The molecule has 1 fully saturated rings. The van der Waals surface area contributed by atoms with Crippen LogP contribution in [0, 0.1) is 0 Å². The molecular formula is C22H32IN5OS. The lowest BCUT2D eigenvalue weighted by molar-refractivity contribution is 0.263. The number of anilines is 1. The molecule has 4 rings (SSSR count). The molecule has 1 saturated heterocycles. The van der Waals surface area contributed by atoms with Gasteiger partial charge in [-0.2, -0.15) is 0 Å². The van der Waals surface area contributed by atoms with Crippen LogP contribution >= 0.6 is 35.3 Å². The van der Waals surface area contributed by atoms with E-state index in [1.807, 2.05) is 29.5 Å². The summed E-state index contributed by atoms with van der Waals surface area (Å²) >= 11 is 1.89. The number of hydrogen-bond donors (Lipinski definition) is 2. The molecule has 2 N–H and O–H groups in total. The second-order valence-corrected chi connectivity index (χ2v) is 8.59. The Morgan fingerprint density at radius 2 is 1.93 bits per heavy atom. The zero-order valence-corrected chi connectivity index (χ0v) is 20.7. The van der Waals surface area contributed by atoms with Gasteiger partial charge in [-0.25, -0.2) is 0 Å². The second-order valence-electron chi connectivity index (χ2n) is 7.59. The van der Waals surface area contributed by atoms with E-state index in [0.29, 0.717) is 5.75 Å².